The van der Waals surface area contributed by atoms with Gasteiger partial charge in [0, 0.05) is 12.1 Å². The maximum atomic E-state index is 13.7. The number of carbonyl (C=O) groups is 2. The van der Waals surface area contributed by atoms with Crippen LogP contribution in [0.2, 0.25) is 0 Å². The van der Waals surface area contributed by atoms with E-state index in [9.17, 15) is 18.4 Å². The Kier molecular flexibility index (Phi) is 5.92. The molecule has 0 saturated heterocycles. The molecule has 0 fully saturated rings. The molecule has 2 rings (SSSR count). The number of hydrogen-bond acceptors (Lipinski definition) is 3. The minimum Gasteiger partial charge on any atom is -0.496 e. The number of para-hydroxylation sites is 2. The van der Waals surface area contributed by atoms with Gasteiger partial charge in [0.25, 0.3) is 0 Å². The predicted octanol–water partition coefficient (Wildman–Crippen LogP) is 3.25. The zero-order valence-electron chi connectivity index (χ0n) is 14.7. The van der Waals surface area contributed by atoms with Crippen LogP contribution < -0.4 is 15.4 Å². The molecule has 26 heavy (non-hydrogen) atoms. The zero-order chi connectivity index (χ0) is 19.3. The number of halogens is 2. The van der Waals surface area contributed by atoms with E-state index in [2.05, 4.69) is 10.6 Å². The van der Waals surface area contributed by atoms with Gasteiger partial charge < -0.3 is 15.4 Å². The molecule has 0 unspecified atom stereocenters. The van der Waals surface area contributed by atoms with Gasteiger partial charge in [-0.05, 0) is 32.0 Å². The third-order valence-corrected chi connectivity index (χ3v) is 3.97. The van der Waals surface area contributed by atoms with E-state index in [0.29, 0.717) is 5.75 Å². The molecule has 0 spiro atoms. The van der Waals surface area contributed by atoms with Crippen LogP contribution in [0.3, 0.4) is 0 Å². The molecule has 0 aromatic heterocycles. The van der Waals surface area contributed by atoms with Gasteiger partial charge in [-0.25, -0.2) is 8.78 Å². The topological polar surface area (TPSA) is 67.4 Å². The molecule has 2 aromatic rings. The van der Waals surface area contributed by atoms with E-state index < -0.39 is 34.6 Å². The number of hydrogen-bond donors (Lipinski definition) is 2. The first-order valence-corrected chi connectivity index (χ1v) is 7.93. The largest absolute Gasteiger partial charge is 0.496 e. The summed E-state index contributed by atoms with van der Waals surface area (Å²) in [4.78, 5) is 24.8. The predicted molar refractivity (Wildman–Crippen MR) is 93.6 cm³/mol. The van der Waals surface area contributed by atoms with E-state index in [0.717, 1.165) is 17.7 Å². The quantitative estimate of drug-likeness (QED) is 0.775. The summed E-state index contributed by atoms with van der Waals surface area (Å²) in [5.74, 6) is -2.63. The second-order valence-corrected chi connectivity index (χ2v) is 6.17. The summed E-state index contributed by atoms with van der Waals surface area (Å²) >= 11 is 0. The van der Waals surface area contributed by atoms with Crippen LogP contribution in [-0.2, 0) is 16.1 Å². The van der Waals surface area contributed by atoms with E-state index >= 15 is 0 Å². The van der Waals surface area contributed by atoms with E-state index in [1.54, 1.807) is 24.3 Å². The molecule has 0 radical (unpaired) electrons. The summed E-state index contributed by atoms with van der Waals surface area (Å²) in [6, 6.07) is 10.3. The Morgan fingerprint density at radius 2 is 1.62 bits per heavy atom. The first kappa shape index (κ1) is 19.4. The number of carbonyl (C=O) groups excluding carboxylic acids is 2. The summed E-state index contributed by atoms with van der Waals surface area (Å²) < 4.78 is 32.6. The Morgan fingerprint density at radius 1 is 1.00 bits per heavy atom. The molecular formula is C19H20F2N2O3. The van der Waals surface area contributed by atoms with Crippen molar-refractivity contribution in [3.63, 3.8) is 0 Å². The number of rotatable bonds is 6. The highest BCUT2D eigenvalue weighted by atomic mass is 19.1. The summed E-state index contributed by atoms with van der Waals surface area (Å²) in [5, 5.41) is 4.79. The van der Waals surface area contributed by atoms with E-state index in [1.807, 2.05) is 0 Å². The summed E-state index contributed by atoms with van der Waals surface area (Å²) in [6.07, 6.45) is 0. The lowest BCUT2D eigenvalue weighted by Crippen LogP contribution is -2.45. The molecule has 7 heteroatoms. The number of methoxy groups -OCH3 is 1. The van der Waals surface area contributed by atoms with Crippen molar-refractivity contribution >= 4 is 17.5 Å². The highest BCUT2D eigenvalue weighted by Crippen LogP contribution is 2.24. The maximum absolute atomic E-state index is 13.7. The van der Waals surface area contributed by atoms with Gasteiger partial charge in [0.15, 0.2) is 0 Å². The molecule has 2 amide bonds. The fraction of sp³-hybridized carbons (Fsp3) is 0.263. The van der Waals surface area contributed by atoms with Gasteiger partial charge in [-0.2, -0.15) is 0 Å². The molecule has 0 aliphatic heterocycles. The van der Waals surface area contributed by atoms with Crippen molar-refractivity contribution in [1.82, 2.24) is 5.32 Å². The number of anilines is 1. The standard InChI is InChI=1S/C19H20F2N2O3/c1-19(2,18(25)23-16-13(20)8-6-9-14(16)21)17(24)22-11-12-7-4-5-10-15(12)26-3/h4-10H,11H2,1-3H3,(H,22,24)(H,23,25). The lowest BCUT2D eigenvalue weighted by Gasteiger charge is -2.23. The second kappa shape index (κ2) is 7.95. The minimum atomic E-state index is -1.54. The van der Waals surface area contributed by atoms with Crippen LogP contribution in [0, 0.1) is 17.0 Å². The minimum absolute atomic E-state index is 0.146. The summed E-state index contributed by atoms with van der Waals surface area (Å²) in [5.41, 5.74) is -1.39. The summed E-state index contributed by atoms with van der Waals surface area (Å²) in [6.45, 7) is 2.89. The van der Waals surface area contributed by atoms with Gasteiger partial charge in [0.1, 0.15) is 28.5 Å². The number of nitrogens with one attached hydrogen (secondary N) is 2. The Balaban J connectivity index is 2.08. The average molecular weight is 362 g/mol. The molecule has 0 aliphatic rings. The maximum Gasteiger partial charge on any atom is 0.239 e. The highest BCUT2D eigenvalue weighted by molar-refractivity contribution is 6.09. The van der Waals surface area contributed by atoms with Crippen LogP contribution in [0.5, 0.6) is 5.75 Å². The third kappa shape index (κ3) is 4.17. The molecule has 0 aliphatic carbocycles. The smallest absolute Gasteiger partial charge is 0.239 e. The molecule has 0 heterocycles. The van der Waals surface area contributed by atoms with Gasteiger partial charge in [-0.3, -0.25) is 9.59 Å². The fourth-order valence-electron chi connectivity index (χ4n) is 2.24. The van der Waals surface area contributed by atoms with Crippen molar-refractivity contribution in [1.29, 1.82) is 0 Å². The molecule has 0 atom stereocenters. The molecule has 138 valence electrons. The fourth-order valence-corrected chi connectivity index (χ4v) is 2.24. The molecule has 0 saturated carbocycles. The van der Waals surface area contributed by atoms with Crippen molar-refractivity contribution in [2.24, 2.45) is 5.41 Å². The van der Waals surface area contributed by atoms with Crippen LogP contribution in [0.15, 0.2) is 42.5 Å². The van der Waals surface area contributed by atoms with E-state index in [1.165, 1.54) is 27.0 Å². The van der Waals surface area contributed by atoms with E-state index in [-0.39, 0.29) is 6.54 Å². The van der Waals surface area contributed by atoms with Gasteiger partial charge in [-0.1, -0.05) is 24.3 Å². The van der Waals surface area contributed by atoms with Gasteiger partial charge in [0.2, 0.25) is 11.8 Å². The van der Waals surface area contributed by atoms with Crippen molar-refractivity contribution < 1.29 is 23.1 Å². The monoisotopic (exact) mass is 362 g/mol. The van der Waals surface area contributed by atoms with Gasteiger partial charge in [0.05, 0.1) is 7.11 Å². The number of benzene rings is 2. The van der Waals surface area contributed by atoms with Crippen LogP contribution in [0.1, 0.15) is 19.4 Å². The SMILES string of the molecule is COc1ccccc1CNC(=O)C(C)(C)C(=O)Nc1c(F)cccc1F. The first-order chi connectivity index (χ1) is 12.3. The first-order valence-electron chi connectivity index (χ1n) is 7.93. The van der Waals surface area contributed by atoms with Crippen molar-refractivity contribution in [3.05, 3.63) is 59.7 Å². The average Bonchev–Trinajstić information content (AvgIpc) is 2.62. The molecular weight excluding hydrogens is 342 g/mol. The normalized spacial score (nSPS) is 11.0. The Hall–Kier alpha value is -2.96. The second-order valence-electron chi connectivity index (χ2n) is 6.17. The molecule has 0 bridgehead atoms. The number of amides is 2. The Labute approximate surface area is 150 Å². The lowest BCUT2D eigenvalue weighted by atomic mass is 9.90. The van der Waals surface area contributed by atoms with E-state index in [4.69, 9.17) is 4.74 Å². The van der Waals surface area contributed by atoms with Crippen molar-refractivity contribution in [2.75, 3.05) is 12.4 Å². The van der Waals surface area contributed by atoms with Crippen LogP contribution in [0.25, 0.3) is 0 Å². The van der Waals surface area contributed by atoms with Gasteiger partial charge >= 0.3 is 0 Å². The van der Waals surface area contributed by atoms with Crippen molar-refractivity contribution in [2.45, 2.75) is 20.4 Å². The van der Waals surface area contributed by atoms with Crippen molar-refractivity contribution in [3.8, 4) is 5.75 Å². The summed E-state index contributed by atoms with van der Waals surface area (Å²) in [7, 11) is 1.51. The van der Waals surface area contributed by atoms with Crippen LogP contribution in [0.4, 0.5) is 14.5 Å². The lowest BCUT2D eigenvalue weighted by molar-refractivity contribution is -0.138. The highest BCUT2D eigenvalue weighted by Gasteiger charge is 2.36. The zero-order valence-corrected chi connectivity index (χ0v) is 14.7. The van der Waals surface area contributed by atoms with Crippen LogP contribution >= 0.6 is 0 Å². The molecule has 2 N–H and O–H groups in total. The number of ether oxygens (including phenoxy) is 1. The third-order valence-electron chi connectivity index (χ3n) is 3.97. The molecule has 5 nitrogen and oxygen atoms in total. The Bertz CT molecular complexity index is 802. The van der Waals surface area contributed by atoms with Gasteiger partial charge in [-0.15, -0.1) is 0 Å². The van der Waals surface area contributed by atoms with Crippen LogP contribution in [-0.4, -0.2) is 18.9 Å². The Morgan fingerprint density at radius 3 is 2.23 bits per heavy atom. The molecule has 2 aromatic carbocycles.